The highest BCUT2D eigenvalue weighted by atomic mass is 16.5. The molecule has 4 unspecified atom stereocenters. The van der Waals surface area contributed by atoms with E-state index >= 15 is 0 Å². The first kappa shape index (κ1) is 23.6. The molecule has 0 aliphatic carbocycles. The second-order valence-corrected chi connectivity index (χ2v) is 9.12. The van der Waals surface area contributed by atoms with E-state index in [9.17, 15) is 9.90 Å². The zero-order valence-electron chi connectivity index (χ0n) is 20.6. The van der Waals surface area contributed by atoms with Gasteiger partial charge in [-0.2, -0.15) is 5.10 Å². The summed E-state index contributed by atoms with van der Waals surface area (Å²) in [5.74, 6) is 0.269. The number of ether oxygens (including phenoxy) is 1. The Hall–Kier alpha value is -4.10. The summed E-state index contributed by atoms with van der Waals surface area (Å²) < 4.78 is 7.16. The molecule has 1 aromatic heterocycles. The number of rotatable bonds is 7. The van der Waals surface area contributed by atoms with Gasteiger partial charge in [-0.05, 0) is 43.7 Å². The van der Waals surface area contributed by atoms with Gasteiger partial charge in [0.25, 0.3) is 0 Å². The maximum atomic E-state index is 12.7. The van der Waals surface area contributed by atoms with Crippen LogP contribution in [0.2, 0.25) is 0 Å². The molecule has 1 aliphatic heterocycles. The molecule has 4 atom stereocenters. The van der Waals surface area contributed by atoms with Gasteiger partial charge in [0.1, 0.15) is 18.1 Å². The number of methoxy groups -OCH3 is 1. The Labute approximate surface area is 210 Å². The van der Waals surface area contributed by atoms with Crippen molar-refractivity contribution in [3.8, 4) is 17.3 Å². The molecule has 36 heavy (non-hydrogen) atoms. The average molecular weight is 483 g/mol. The van der Waals surface area contributed by atoms with Gasteiger partial charge in [-0.25, -0.2) is 10.1 Å². The summed E-state index contributed by atoms with van der Waals surface area (Å²) in [6, 6.07) is 26.6. The van der Waals surface area contributed by atoms with E-state index in [0.29, 0.717) is 5.75 Å². The molecule has 7 heteroatoms. The third-order valence-corrected chi connectivity index (χ3v) is 7.03. The van der Waals surface area contributed by atoms with Crippen LogP contribution in [-0.4, -0.2) is 40.4 Å². The molecule has 1 aliphatic rings. The summed E-state index contributed by atoms with van der Waals surface area (Å²) in [6.45, 7) is 3.98. The summed E-state index contributed by atoms with van der Waals surface area (Å²) in [4.78, 5) is 12.7. The van der Waals surface area contributed by atoms with Gasteiger partial charge in [-0.3, -0.25) is 5.01 Å². The number of carbonyl (C=O) groups excluding carboxylic acids is 1. The predicted octanol–water partition coefficient (Wildman–Crippen LogP) is 4.62. The zero-order chi connectivity index (χ0) is 25.2. The van der Waals surface area contributed by atoms with E-state index in [-0.39, 0.29) is 23.8 Å². The normalized spacial score (nSPS) is 20.3. The van der Waals surface area contributed by atoms with Gasteiger partial charge in [0.2, 0.25) is 5.88 Å². The Morgan fingerprint density at radius 1 is 1.00 bits per heavy atom. The van der Waals surface area contributed by atoms with Crippen LogP contribution >= 0.6 is 0 Å². The minimum atomic E-state index is -0.514. The highest BCUT2D eigenvalue weighted by Gasteiger charge is 2.47. The number of nitrogens with zero attached hydrogens (tertiary/aromatic N) is 3. The van der Waals surface area contributed by atoms with E-state index in [2.05, 4.69) is 12.3 Å². The van der Waals surface area contributed by atoms with Gasteiger partial charge in [-0.15, -0.1) is 0 Å². The smallest absolute Gasteiger partial charge is 0.218 e. The van der Waals surface area contributed by atoms with Crippen LogP contribution in [0.4, 0.5) is 5.69 Å². The minimum Gasteiger partial charge on any atom is -0.495 e. The topological polar surface area (TPSA) is 79.6 Å². The number of aromatic hydroxyl groups is 1. The van der Waals surface area contributed by atoms with Crippen molar-refractivity contribution in [2.24, 2.45) is 5.92 Å². The number of para-hydroxylation sites is 3. The Balaban J connectivity index is 1.66. The highest BCUT2D eigenvalue weighted by molar-refractivity contribution is 5.71. The average Bonchev–Trinajstić information content (AvgIpc) is 3.41. The van der Waals surface area contributed by atoms with Crippen LogP contribution in [-0.2, 0) is 4.79 Å². The van der Waals surface area contributed by atoms with Crippen LogP contribution in [0.5, 0.6) is 11.6 Å². The molecule has 2 heterocycles. The highest BCUT2D eigenvalue weighted by Crippen LogP contribution is 2.46. The van der Waals surface area contributed by atoms with Crippen LogP contribution in [0, 0.1) is 12.8 Å². The monoisotopic (exact) mass is 482 g/mol. The molecule has 184 valence electrons. The molecule has 0 spiro atoms. The van der Waals surface area contributed by atoms with Crippen molar-refractivity contribution in [2.45, 2.75) is 31.8 Å². The number of hydrogen-bond acceptors (Lipinski definition) is 6. The van der Waals surface area contributed by atoms with Gasteiger partial charge in [-0.1, -0.05) is 60.7 Å². The molecule has 0 saturated carbocycles. The van der Waals surface area contributed by atoms with Gasteiger partial charge in [0, 0.05) is 23.4 Å². The third-order valence-electron chi connectivity index (χ3n) is 7.03. The molecule has 1 fully saturated rings. The van der Waals surface area contributed by atoms with Gasteiger partial charge >= 0.3 is 0 Å². The van der Waals surface area contributed by atoms with Crippen LogP contribution in [0.3, 0.4) is 0 Å². The quantitative estimate of drug-likeness (QED) is 0.374. The number of hydrazine groups is 1. The summed E-state index contributed by atoms with van der Waals surface area (Å²) in [7, 11) is 1.62. The van der Waals surface area contributed by atoms with Crippen molar-refractivity contribution >= 4 is 12.0 Å². The van der Waals surface area contributed by atoms with Gasteiger partial charge in [0.15, 0.2) is 0 Å². The lowest BCUT2D eigenvalue weighted by Gasteiger charge is -2.30. The number of benzene rings is 3. The SMILES string of the molecule is COc1ccccc1N1NC(C)C(C(c2ccccc2)c2c(C)nn(-c3ccccc3)c2O)C1C=O. The molecular formula is C29H30N4O3. The Kier molecular flexibility index (Phi) is 6.48. The first-order chi connectivity index (χ1) is 17.5. The lowest BCUT2D eigenvalue weighted by atomic mass is 9.74. The van der Waals surface area contributed by atoms with Gasteiger partial charge < -0.3 is 14.6 Å². The van der Waals surface area contributed by atoms with E-state index in [1.807, 2.05) is 96.9 Å². The fourth-order valence-corrected chi connectivity index (χ4v) is 5.44. The first-order valence-electron chi connectivity index (χ1n) is 12.1. The lowest BCUT2D eigenvalue weighted by Crippen LogP contribution is -2.40. The van der Waals surface area contributed by atoms with Crippen molar-refractivity contribution in [3.05, 3.63) is 102 Å². The number of aryl methyl sites for hydroxylation is 1. The van der Waals surface area contributed by atoms with Crippen LogP contribution in [0.15, 0.2) is 84.9 Å². The maximum Gasteiger partial charge on any atom is 0.218 e. The van der Waals surface area contributed by atoms with E-state index < -0.39 is 6.04 Å². The summed E-state index contributed by atoms with van der Waals surface area (Å²) >= 11 is 0. The van der Waals surface area contributed by atoms with Crippen LogP contribution in [0.25, 0.3) is 5.69 Å². The molecule has 0 amide bonds. The molecule has 4 aromatic rings. The summed E-state index contributed by atoms with van der Waals surface area (Å²) in [6.07, 6.45) is 0.984. The lowest BCUT2D eigenvalue weighted by molar-refractivity contribution is -0.109. The molecular weight excluding hydrogens is 452 g/mol. The van der Waals surface area contributed by atoms with E-state index in [4.69, 9.17) is 9.84 Å². The number of aldehydes is 1. The van der Waals surface area contributed by atoms with Crippen LogP contribution < -0.4 is 15.2 Å². The molecule has 7 nitrogen and oxygen atoms in total. The molecule has 2 N–H and O–H groups in total. The third kappa shape index (κ3) is 4.01. The fraction of sp³-hybridized carbons (Fsp3) is 0.241. The zero-order valence-corrected chi connectivity index (χ0v) is 20.6. The number of aromatic nitrogens is 2. The van der Waals surface area contributed by atoms with E-state index in [1.165, 1.54) is 0 Å². The van der Waals surface area contributed by atoms with Crippen molar-refractivity contribution in [3.63, 3.8) is 0 Å². The summed E-state index contributed by atoms with van der Waals surface area (Å²) in [5, 5.41) is 18.1. The molecule has 0 bridgehead atoms. The fourth-order valence-electron chi connectivity index (χ4n) is 5.44. The number of hydrogen-bond donors (Lipinski definition) is 2. The standard InChI is InChI=1S/C29H30N4O3/c1-19-26(24(18-34)33(31-19)23-16-10-11-17-25(23)36-3)28(21-12-6-4-7-13-21)27-20(2)30-32(29(27)35)22-14-8-5-9-15-22/h4-19,24,26,28,31,35H,1-3H3. The number of carbonyl (C=O) groups is 1. The maximum absolute atomic E-state index is 12.7. The number of anilines is 1. The molecule has 5 rings (SSSR count). The van der Waals surface area contributed by atoms with Crippen molar-refractivity contribution in [1.29, 1.82) is 0 Å². The minimum absolute atomic E-state index is 0.0835. The second-order valence-electron chi connectivity index (χ2n) is 9.12. The van der Waals surface area contributed by atoms with E-state index in [0.717, 1.165) is 34.5 Å². The van der Waals surface area contributed by atoms with Crippen molar-refractivity contribution < 1.29 is 14.6 Å². The summed E-state index contributed by atoms with van der Waals surface area (Å²) in [5.41, 5.74) is 7.52. The van der Waals surface area contributed by atoms with E-state index in [1.54, 1.807) is 11.8 Å². The molecule has 0 radical (unpaired) electrons. The second kappa shape index (κ2) is 9.87. The first-order valence-corrected chi connectivity index (χ1v) is 12.1. The van der Waals surface area contributed by atoms with Gasteiger partial charge in [0.05, 0.1) is 24.2 Å². The number of nitrogens with one attached hydrogen (secondary N) is 1. The van der Waals surface area contributed by atoms with Crippen molar-refractivity contribution in [1.82, 2.24) is 15.2 Å². The molecule has 1 saturated heterocycles. The Morgan fingerprint density at radius 2 is 1.64 bits per heavy atom. The Morgan fingerprint density at radius 3 is 2.31 bits per heavy atom. The molecule has 3 aromatic carbocycles. The Bertz CT molecular complexity index is 1340. The van der Waals surface area contributed by atoms with Crippen molar-refractivity contribution in [2.75, 3.05) is 12.1 Å². The largest absolute Gasteiger partial charge is 0.495 e. The van der Waals surface area contributed by atoms with Crippen LogP contribution in [0.1, 0.15) is 29.7 Å². The predicted molar refractivity (Wildman–Crippen MR) is 140 cm³/mol.